The summed E-state index contributed by atoms with van der Waals surface area (Å²) < 4.78 is 27.1. The monoisotopic (exact) mass is 288 g/mol. The van der Waals surface area contributed by atoms with Crippen LogP contribution in [0.4, 0.5) is 0 Å². The van der Waals surface area contributed by atoms with Gasteiger partial charge < -0.3 is 5.32 Å². The summed E-state index contributed by atoms with van der Waals surface area (Å²) in [6.07, 6.45) is 3.22. The highest BCUT2D eigenvalue weighted by Gasteiger charge is 2.25. The van der Waals surface area contributed by atoms with E-state index in [-0.39, 0.29) is 0 Å². The average Bonchev–Trinajstić information content (AvgIpc) is 3.07. The lowest BCUT2D eigenvalue weighted by Crippen LogP contribution is -2.26. The molecule has 18 heavy (non-hydrogen) atoms. The molecule has 4 nitrogen and oxygen atoms in total. The van der Waals surface area contributed by atoms with Gasteiger partial charge in [-0.25, -0.2) is 13.1 Å². The van der Waals surface area contributed by atoms with Gasteiger partial charge in [-0.2, -0.15) is 0 Å². The molecule has 1 aromatic heterocycles. The number of rotatable bonds is 7. The molecular weight excluding hydrogens is 268 g/mol. The molecular formula is C12H20N2O2S2. The minimum Gasteiger partial charge on any atom is -0.309 e. The zero-order chi connectivity index (χ0) is 13.2. The molecule has 1 heterocycles. The minimum absolute atomic E-state index is 0.481. The molecule has 0 aromatic carbocycles. The molecule has 102 valence electrons. The van der Waals surface area contributed by atoms with E-state index in [1.165, 1.54) is 24.2 Å². The van der Waals surface area contributed by atoms with E-state index in [9.17, 15) is 8.42 Å². The first-order chi connectivity index (χ1) is 8.54. The van der Waals surface area contributed by atoms with Gasteiger partial charge in [0.25, 0.3) is 0 Å². The largest absolute Gasteiger partial charge is 0.309 e. The van der Waals surface area contributed by atoms with Crippen LogP contribution in [0.3, 0.4) is 0 Å². The van der Waals surface area contributed by atoms with Gasteiger partial charge in [-0.05, 0) is 37.1 Å². The second kappa shape index (κ2) is 5.69. The van der Waals surface area contributed by atoms with Crippen LogP contribution in [0, 0.1) is 6.92 Å². The summed E-state index contributed by atoms with van der Waals surface area (Å²) in [5.74, 6) is 0. The lowest BCUT2D eigenvalue weighted by atomic mass is 10.3. The molecule has 1 fully saturated rings. The molecule has 2 rings (SSSR count). The van der Waals surface area contributed by atoms with Crippen molar-refractivity contribution in [3.63, 3.8) is 0 Å². The molecule has 1 aliphatic carbocycles. The van der Waals surface area contributed by atoms with Gasteiger partial charge in [0.05, 0.1) is 0 Å². The zero-order valence-electron chi connectivity index (χ0n) is 10.8. The van der Waals surface area contributed by atoms with Crippen molar-refractivity contribution in [1.82, 2.24) is 10.0 Å². The predicted molar refractivity (Wildman–Crippen MR) is 74.4 cm³/mol. The number of nitrogens with one attached hydrogen (secondary N) is 2. The Morgan fingerprint density at radius 2 is 2.17 bits per heavy atom. The SMILES string of the molecule is CCCNS(=O)(=O)c1c(C)csc1CNC1CC1. The summed E-state index contributed by atoms with van der Waals surface area (Å²) in [7, 11) is -3.35. The van der Waals surface area contributed by atoms with E-state index < -0.39 is 10.0 Å². The van der Waals surface area contributed by atoms with Gasteiger partial charge in [0.2, 0.25) is 10.0 Å². The Balaban J connectivity index is 2.16. The van der Waals surface area contributed by atoms with Crippen LogP contribution in [0.15, 0.2) is 10.3 Å². The van der Waals surface area contributed by atoms with Crippen molar-refractivity contribution >= 4 is 21.4 Å². The number of hydrogen-bond acceptors (Lipinski definition) is 4. The topological polar surface area (TPSA) is 58.2 Å². The summed E-state index contributed by atoms with van der Waals surface area (Å²) in [5.41, 5.74) is 0.844. The Hall–Kier alpha value is -0.430. The highest BCUT2D eigenvalue weighted by Crippen LogP contribution is 2.28. The van der Waals surface area contributed by atoms with Gasteiger partial charge in [-0.1, -0.05) is 6.92 Å². The molecule has 1 aliphatic rings. The number of aryl methyl sites for hydroxylation is 1. The van der Waals surface area contributed by atoms with Crippen LogP contribution in [0.2, 0.25) is 0 Å². The Bertz CT molecular complexity index is 504. The quantitative estimate of drug-likeness (QED) is 0.807. The third-order valence-electron chi connectivity index (χ3n) is 2.93. The first-order valence-corrected chi connectivity index (χ1v) is 8.71. The van der Waals surface area contributed by atoms with Crippen LogP contribution in [0.5, 0.6) is 0 Å². The van der Waals surface area contributed by atoms with E-state index >= 15 is 0 Å². The number of thiophene rings is 1. The fourth-order valence-electron chi connectivity index (χ4n) is 1.80. The van der Waals surface area contributed by atoms with Crippen LogP contribution >= 0.6 is 11.3 Å². The first kappa shape index (κ1) is 14.0. The van der Waals surface area contributed by atoms with Crippen molar-refractivity contribution in [3.8, 4) is 0 Å². The highest BCUT2D eigenvalue weighted by molar-refractivity contribution is 7.89. The van der Waals surface area contributed by atoms with Gasteiger partial charge in [0.1, 0.15) is 4.90 Å². The van der Waals surface area contributed by atoms with Gasteiger partial charge in [-0.3, -0.25) is 0 Å². The maximum atomic E-state index is 12.2. The molecule has 0 saturated heterocycles. The molecule has 6 heteroatoms. The standard InChI is InChI=1S/C12H20N2O2S2/c1-3-6-14-18(15,16)12-9(2)8-17-11(12)7-13-10-4-5-10/h8,10,13-14H,3-7H2,1-2H3. The Morgan fingerprint density at radius 1 is 1.44 bits per heavy atom. The van der Waals surface area contributed by atoms with E-state index in [1.54, 1.807) is 0 Å². The Kier molecular flexibility index (Phi) is 4.42. The second-order valence-corrected chi connectivity index (χ2v) is 7.39. The van der Waals surface area contributed by atoms with Gasteiger partial charge in [-0.15, -0.1) is 11.3 Å². The highest BCUT2D eigenvalue weighted by atomic mass is 32.2. The molecule has 0 spiro atoms. The third-order valence-corrected chi connectivity index (χ3v) is 5.85. The van der Waals surface area contributed by atoms with Gasteiger partial charge >= 0.3 is 0 Å². The minimum atomic E-state index is -3.35. The maximum Gasteiger partial charge on any atom is 0.241 e. The Labute approximate surface area is 113 Å². The van der Waals surface area contributed by atoms with Crippen LogP contribution in [0.1, 0.15) is 36.6 Å². The smallest absolute Gasteiger partial charge is 0.241 e. The van der Waals surface area contributed by atoms with Crippen molar-refractivity contribution < 1.29 is 8.42 Å². The molecule has 0 aliphatic heterocycles. The van der Waals surface area contributed by atoms with E-state index in [1.807, 2.05) is 19.2 Å². The normalized spacial score (nSPS) is 16.1. The lowest BCUT2D eigenvalue weighted by molar-refractivity contribution is 0.578. The van der Waals surface area contributed by atoms with E-state index in [0.717, 1.165) is 16.9 Å². The second-order valence-electron chi connectivity index (χ2n) is 4.72. The van der Waals surface area contributed by atoms with Crippen LogP contribution in [-0.4, -0.2) is 21.0 Å². The summed E-state index contributed by atoms with van der Waals surface area (Å²) in [5, 5.41) is 5.29. The van der Waals surface area contributed by atoms with Crippen molar-refractivity contribution in [2.45, 2.75) is 50.6 Å². The zero-order valence-corrected chi connectivity index (χ0v) is 12.5. The summed E-state index contributed by atoms with van der Waals surface area (Å²) in [6.45, 7) is 4.97. The van der Waals surface area contributed by atoms with Gasteiger partial charge in [0.15, 0.2) is 0 Å². The summed E-state index contributed by atoms with van der Waals surface area (Å²) in [4.78, 5) is 1.40. The van der Waals surface area contributed by atoms with Crippen molar-refractivity contribution in [2.75, 3.05) is 6.54 Å². The van der Waals surface area contributed by atoms with Crippen molar-refractivity contribution in [1.29, 1.82) is 0 Å². The fourth-order valence-corrected chi connectivity index (χ4v) is 4.69. The summed E-state index contributed by atoms with van der Waals surface area (Å²) >= 11 is 1.52. The van der Waals surface area contributed by atoms with E-state index in [0.29, 0.717) is 24.0 Å². The van der Waals surface area contributed by atoms with Crippen LogP contribution < -0.4 is 10.0 Å². The Morgan fingerprint density at radius 3 is 2.78 bits per heavy atom. The lowest BCUT2D eigenvalue weighted by Gasteiger charge is -2.09. The predicted octanol–water partition coefficient (Wildman–Crippen LogP) is 2.00. The molecule has 0 amide bonds. The maximum absolute atomic E-state index is 12.2. The van der Waals surface area contributed by atoms with Crippen molar-refractivity contribution in [2.24, 2.45) is 0 Å². The van der Waals surface area contributed by atoms with Crippen LogP contribution in [-0.2, 0) is 16.6 Å². The van der Waals surface area contributed by atoms with E-state index in [4.69, 9.17) is 0 Å². The van der Waals surface area contributed by atoms with Crippen LogP contribution in [0.25, 0.3) is 0 Å². The molecule has 0 radical (unpaired) electrons. The fraction of sp³-hybridized carbons (Fsp3) is 0.667. The molecule has 0 unspecified atom stereocenters. The first-order valence-electron chi connectivity index (χ1n) is 6.34. The number of hydrogen-bond donors (Lipinski definition) is 2. The van der Waals surface area contributed by atoms with Crippen molar-refractivity contribution in [3.05, 3.63) is 15.8 Å². The van der Waals surface area contributed by atoms with E-state index in [2.05, 4.69) is 10.0 Å². The molecule has 1 aromatic rings. The third kappa shape index (κ3) is 3.32. The molecule has 0 atom stereocenters. The average molecular weight is 288 g/mol. The molecule has 0 bridgehead atoms. The molecule has 2 N–H and O–H groups in total. The molecule has 1 saturated carbocycles. The summed E-state index contributed by atoms with van der Waals surface area (Å²) in [6, 6.07) is 0.589. The van der Waals surface area contributed by atoms with Gasteiger partial charge in [0, 0.05) is 24.0 Å². The number of sulfonamides is 1.